The van der Waals surface area contributed by atoms with Crippen LogP contribution in [0.4, 0.5) is 17.2 Å². The van der Waals surface area contributed by atoms with Crippen molar-refractivity contribution >= 4 is 34.9 Å². The molecular formula is C14H12N6O3S. The van der Waals surface area contributed by atoms with Crippen LogP contribution in [0.1, 0.15) is 11.1 Å². The molecule has 0 aliphatic carbocycles. The molecule has 24 heavy (non-hydrogen) atoms. The third-order valence-electron chi connectivity index (χ3n) is 2.94. The average molecular weight is 344 g/mol. The maximum Gasteiger partial charge on any atom is 0.269 e. The Morgan fingerprint density at radius 1 is 1.54 bits per heavy atom. The normalized spacial score (nSPS) is 10.0. The monoisotopic (exact) mass is 344 g/mol. The van der Waals surface area contributed by atoms with Crippen molar-refractivity contribution in [1.82, 2.24) is 9.97 Å². The number of carbonyl (C=O) groups is 1. The first-order valence-electron chi connectivity index (χ1n) is 6.61. The van der Waals surface area contributed by atoms with Gasteiger partial charge in [0.15, 0.2) is 5.16 Å². The number of nitriles is 1. The maximum absolute atomic E-state index is 12.0. The van der Waals surface area contributed by atoms with Crippen molar-refractivity contribution in [2.75, 3.05) is 16.8 Å². The van der Waals surface area contributed by atoms with Gasteiger partial charge in [-0.05, 0) is 18.6 Å². The van der Waals surface area contributed by atoms with E-state index in [0.29, 0.717) is 11.3 Å². The number of nitrogen functional groups attached to an aromatic ring is 1. The minimum absolute atomic E-state index is 0.0295. The van der Waals surface area contributed by atoms with E-state index in [2.05, 4.69) is 15.3 Å². The summed E-state index contributed by atoms with van der Waals surface area (Å²) in [6, 6.07) is 6.03. The molecule has 3 N–H and O–H groups in total. The highest BCUT2D eigenvalue weighted by atomic mass is 32.2. The number of hydrogen-bond donors (Lipinski definition) is 2. The first-order valence-corrected chi connectivity index (χ1v) is 7.59. The molecule has 0 spiro atoms. The third kappa shape index (κ3) is 4.17. The Balaban J connectivity index is 1.98. The van der Waals surface area contributed by atoms with Crippen LogP contribution in [0.2, 0.25) is 0 Å². The van der Waals surface area contributed by atoms with Gasteiger partial charge in [0.2, 0.25) is 5.91 Å². The number of anilines is 2. The van der Waals surface area contributed by atoms with Crippen molar-refractivity contribution in [3.05, 3.63) is 45.6 Å². The molecule has 0 radical (unpaired) electrons. The molecule has 1 heterocycles. The summed E-state index contributed by atoms with van der Waals surface area (Å²) in [5.41, 5.74) is 6.79. The van der Waals surface area contributed by atoms with Gasteiger partial charge in [0.05, 0.1) is 16.9 Å². The van der Waals surface area contributed by atoms with E-state index in [4.69, 9.17) is 11.0 Å². The number of benzene rings is 1. The minimum atomic E-state index is -0.499. The number of nitrogens with one attached hydrogen (secondary N) is 1. The molecule has 1 aromatic carbocycles. The molecule has 0 aliphatic heterocycles. The van der Waals surface area contributed by atoms with E-state index in [-0.39, 0.29) is 33.9 Å². The van der Waals surface area contributed by atoms with Crippen LogP contribution < -0.4 is 11.1 Å². The van der Waals surface area contributed by atoms with Gasteiger partial charge in [-0.2, -0.15) is 5.26 Å². The highest BCUT2D eigenvalue weighted by Crippen LogP contribution is 2.22. The quantitative estimate of drug-likeness (QED) is 0.361. The second-order valence-electron chi connectivity index (χ2n) is 4.66. The van der Waals surface area contributed by atoms with Gasteiger partial charge in [-0.15, -0.1) is 0 Å². The number of nitro benzene ring substituents is 1. The van der Waals surface area contributed by atoms with E-state index in [1.165, 1.54) is 24.4 Å². The number of aryl methyl sites for hydroxylation is 1. The molecule has 0 unspecified atom stereocenters. The Morgan fingerprint density at radius 3 is 2.88 bits per heavy atom. The smallest absolute Gasteiger partial charge is 0.269 e. The fraction of sp³-hybridized carbons (Fsp3) is 0.143. The van der Waals surface area contributed by atoms with Crippen molar-refractivity contribution in [3.8, 4) is 6.07 Å². The van der Waals surface area contributed by atoms with Crippen LogP contribution in [0.15, 0.2) is 29.6 Å². The third-order valence-corrected chi connectivity index (χ3v) is 3.81. The van der Waals surface area contributed by atoms with E-state index >= 15 is 0 Å². The van der Waals surface area contributed by atoms with Gasteiger partial charge in [-0.25, -0.2) is 9.97 Å². The number of rotatable bonds is 5. The Hall–Kier alpha value is -3.19. The summed E-state index contributed by atoms with van der Waals surface area (Å²) in [6.45, 7) is 1.67. The van der Waals surface area contributed by atoms with Crippen LogP contribution in [0.25, 0.3) is 0 Å². The van der Waals surface area contributed by atoms with Crippen LogP contribution in [0.5, 0.6) is 0 Å². The second-order valence-corrected chi connectivity index (χ2v) is 5.60. The van der Waals surface area contributed by atoms with E-state index in [9.17, 15) is 14.9 Å². The Bertz CT molecular complexity index is 849. The summed E-state index contributed by atoms with van der Waals surface area (Å²) in [5.74, 6) is -0.230. The molecule has 0 saturated carbocycles. The summed E-state index contributed by atoms with van der Waals surface area (Å²) in [4.78, 5) is 30.0. The maximum atomic E-state index is 12.0. The fourth-order valence-electron chi connectivity index (χ4n) is 1.75. The molecule has 0 saturated heterocycles. The lowest BCUT2D eigenvalue weighted by molar-refractivity contribution is -0.384. The number of amides is 1. The number of carbonyl (C=O) groups excluding carboxylic acids is 1. The van der Waals surface area contributed by atoms with Gasteiger partial charge in [0, 0.05) is 17.8 Å². The minimum Gasteiger partial charge on any atom is -0.382 e. The molecule has 122 valence electrons. The number of nitro groups is 1. The van der Waals surface area contributed by atoms with E-state index < -0.39 is 4.92 Å². The van der Waals surface area contributed by atoms with Crippen molar-refractivity contribution in [2.24, 2.45) is 0 Å². The van der Waals surface area contributed by atoms with E-state index in [0.717, 1.165) is 11.8 Å². The van der Waals surface area contributed by atoms with Crippen molar-refractivity contribution < 1.29 is 9.72 Å². The number of nitrogens with two attached hydrogens (primary N) is 1. The first-order chi connectivity index (χ1) is 11.4. The fourth-order valence-corrected chi connectivity index (χ4v) is 2.37. The topological polar surface area (TPSA) is 148 Å². The Labute approximate surface area is 141 Å². The van der Waals surface area contributed by atoms with Gasteiger partial charge in [0.1, 0.15) is 17.5 Å². The number of nitrogens with zero attached hydrogens (tertiary/aromatic N) is 4. The molecule has 2 aromatic rings. The van der Waals surface area contributed by atoms with Crippen LogP contribution in [-0.2, 0) is 4.79 Å². The first kappa shape index (κ1) is 17.2. The van der Waals surface area contributed by atoms with Gasteiger partial charge in [0.25, 0.3) is 5.69 Å². The molecule has 1 aromatic heterocycles. The average Bonchev–Trinajstić information content (AvgIpc) is 2.54. The summed E-state index contributed by atoms with van der Waals surface area (Å²) in [7, 11) is 0. The zero-order valence-electron chi connectivity index (χ0n) is 12.5. The molecule has 0 aliphatic rings. The molecule has 10 heteroatoms. The lowest BCUT2D eigenvalue weighted by Crippen LogP contribution is -2.15. The molecule has 1 amide bonds. The van der Waals surface area contributed by atoms with Gasteiger partial charge in [-0.3, -0.25) is 14.9 Å². The molecule has 0 bridgehead atoms. The Kier molecular flexibility index (Phi) is 5.28. The number of aromatic nitrogens is 2. The summed E-state index contributed by atoms with van der Waals surface area (Å²) < 4.78 is 0. The Morgan fingerprint density at radius 2 is 2.29 bits per heavy atom. The highest BCUT2D eigenvalue weighted by Gasteiger charge is 2.11. The van der Waals surface area contributed by atoms with Crippen molar-refractivity contribution in [3.63, 3.8) is 0 Å². The largest absolute Gasteiger partial charge is 0.382 e. The van der Waals surface area contributed by atoms with Crippen LogP contribution in [-0.4, -0.2) is 26.6 Å². The molecule has 9 nitrogen and oxygen atoms in total. The predicted molar refractivity (Wildman–Crippen MR) is 88.3 cm³/mol. The highest BCUT2D eigenvalue weighted by molar-refractivity contribution is 7.99. The van der Waals surface area contributed by atoms with Gasteiger partial charge in [-0.1, -0.05) is 11.8 Å². The number of non-ortho nitro benzene ring substituents is 1. The van der Waals surface area contributed by atoms with E-state index in [1.807, 2.05) is 6.07 Å². The van der Waals surface area contributed by atoms with Gasteiger partial charge < -0.3 is 11.1 Å². The zero-order chi connectivity index (χ0) is 17.7. The number of hydrogen-bond acceptors (Lipinski definition) is 8. The number of thioether (sulfide) groups is 1. The van der Waals surface area contributed by atoms with Crippen molar-refractivity contribution in [1.29, 1.82) is 5.26 Å². The molecular weight excluding hydrogens is 332 g/mol. The van der Waals surface area contributed by atoms with Crippen LogP contribution in [0, 0.1) is 28.4 Å². The second kappa shape index (κ2) is 7.38. The van der Waals surface area contributed by atoms with Crippen LogP contribution in [0.3, 0.4) is 0 Å². The van der Waals surface area contributed by atoms with Crippen molar-refractivity contribution in [2.45, 2.75) is 12.1 Å². The summed E-state index contributed by atoms with van der Waals surface area (Å²) in [5, 5.41) is 22.4. The summed E-state index contributed by atoms with van der Waals surface area (Å²) in [6.07, 6.45) is 1.29. The molecule has 0 atom stereocenters. The SMILES string of the molecule is Cc1cc([N+](=O)[O-])ccc1NC(=O)CSc1ncc(C#N)c(N)n1. The van der Waals surface area contributed by atoms with Gasteiger partial charge >= 0.3 is 0 Å². The predicted octanol–water partition coefficient (Wildman–Crippen LogP) is 1.88. The zero-order valence-corrected chi connectivity index (χ0v) is 13.3. The van der Waals surface area contributed by atoms with Crippen LogP contribution >= 0.6 is 11.8 Å². The standard InChI is InChI=1S/C14H12N6O3S/c1-8-4-10(20(22)23)2-3-11(8)18-12(21)7-24-14-17-6-9(5-15)13(16)19-14/h2-4,6H,7H2,1H3,(H,18,21)(H2,16,17,19). The lowest BCUT2D eigenvalue weighted by atomic mass is 10.2. The lowest BCUT2D eigenvalue weighted by Gasteiger charge is -2.08. The summed E-state index contributed by atoms with van der Waals surface area (Å²) >= 11 is 1.06. The molecule has 0 fully saturated rings. The molecule has 2 rings (SSSR count). The van der Waals surface area contributed by atoms with E-state index in [1.54, 1.807) is 6.92 Å².